The molecular weight excluding hydrogens is 430 g/mol. The number of nitrogens with zero attached hydrogens (tertiary/aromatic N) is 1. The fourth-order valence-electron chi connectivity index (χ4n) is 5.98. The Bertz CT molecular complexity index is 1090. The number of ether oxygens (including phenoxy) is 2. The van der Waals surface area contributed by atoms with Crippen LogP contribution in [-0.2, 0) is 11.2 Å². The number of rotatable bonds is 5. The maximum Gasteiger partial charge on any atom is 0.255 e. The fraction of sp³-hybridized carbons (Fsp3) is 0.481. The quantitative estimate of drug-likeness (QED) is 0.711. The minimum absolute atomic E-state index is 0.0395. The van der Waals surface area contributed by atoms with Crippen molar-refractivity contribution < 1.29 is 19.1 Å². The van der Waals surface area contributed by atoms with Crippen LogP contribution in [0, 0.1) is 5.92 Å². The molecule has 2 N–H and O–H groups in total. The molecule has 3 aliphatic rings. The van der Waals surface area contributed by atoms with Crippen molar-refractivity contribution in [3.8, 4) is 11.5 Å². The van der Waals surface area contributed by atoms with Crippen LogP contribution >= 0.6 is 0 Å². The third-order valence-electron chi connectivity index (χ3n) is 7.68. The van der Waals surface area contributed by atoms with Crippen LogP contribution in [0.1, 0.15) is 65.3 Å². The molecule has 2 aromatic carbocycles. The first-order valence-corrected chi connectivity index (χ1v) is 12.2. The number of fused-ring (bicyclic) bond motifs is 4. The van der Waals surface area contributed by atoms with Gasteiger partial charge in [-0.05, 0) is 50.8 Å². The predicted molar refractivity (Wildman–Crippen MR) is 129 cm³/mol. The van der Waals surface area contributed by atoms with E-state index >= 15 is 0 Å². The normalized spacial score (nSPS) is 24.4. The van der Waals surface area contributed by atoms with Gasteiger partial charge in [-0.3, -0.25) is 9.59 Å². The van der Waals surface area contributed by atoms with Crippen molar-refractivity contribution in [2.45, 2.75) is 50.7 Å². The lowest BCUT2D eigenvalue weighted by molar-refractivity contribution is -0.145. The van der Waals surface area contributed by atoms with Gasteiger partial charge in [0.1, 0.15) is 11.5 Å². The SMILES string of the molecule is COc1cc(C(=O)N[C@H](C)c2ccccc2)c(OC)c2c1CCN1C(=O)[C@H]3CCCN[C@H]3C[C@H]21. The molecule has 0 spiro atoms. The van der Waals surface area contributed by atoms with E-state index in [0.717, 1.165) is 42.5 Å². The molecule has 0 unspecified atom stereocenters. The minimum atomic E-state index is -0.220. The van der Waals surface area contributed by atoms with Gasteiger partial charge < -0.3 is 25.0 Å². The second-order valence-corrected chi connectivity index (χ2v) is 9.50. The first-order chi connectivity index (χ1) is 16.5. The summed E-state index contributed by atoms with van der Waals surface area (Å²) in [5, 5.41) is 6.67. The number of hydrogen-bond acceptors (Lipinski definition) is 5. The third kappa shape index (κ3) is 3.82. The number of piperidine rings is 2. The highest BCUT2D eigenvalue weighted by atomic mass is 16.5. The molecule has 2 amide bonds. The molecule has 2 fully saturated rings. The molecule has 34 heavy (non-hydrogen) atoms. The number of nitrogens with one attached hydrogen (secondary N) is 2. The number of carbonyl (C=O) groups excluding carboxylic acids is 2. The Morgan fingerprint density at radius 3 is 2.74 bits per heavy atom. The zero-order valence-electron chi connectivity index (χ0n) is 20.1. The molecule has 0 bridgehead atoms. The van der Waals surface area contributed by atoms with E-state index in [1.54, 1.807) is 20.3 Å². The second-order valence-electron chi connectivity index (χ2n) is 9.50. The monoisotopic (exact) mass is 463 g/mol. The van der Waals surface area contributed by atoms with Crippen LogP contribution in [0.5, 0.6) is 11.5 Å². The minimum Gasteiger partial charge on any atom is -0.496 e. The fourth-order valence-corrected chi connectivity index (χ4v) is 5.98. The van der Waals surface area contributed by atoms with Crippen LogP contribution in [0.3, 0.4) is 0 Å². The Morgan fingerprint density at radius 1 is 1.21 bits per heavy atom. The van der Waals surface area contributed by atoms with Gasteiger partial charge in [-0.1, -0.05) is 30.3 Å². The maximum absolute atomic E-state index is 13.5. The summed E-state index contributed by atoms with van der Waals surface area (Å²) in [7, 11) is 3.23. The Balaban J connectivity index is 1.54. The lowest BCUT2D eigenvalue weighted by atomic mass is 9.76. The molecule has 2 saturated heterocycles. The van der Waals surface area contributed by atoms with Gasteiger partial charge in [-0.15, -0.1) is 0 Å². The molecule has 7 nitrogen and oxygen atoms in total. The first-order valence-electron chi connectivity index (χ1n) is 12.2. The first kappa shape index (κ1) is 22.7. The van der Waals surface area contributed by atoms with Crippen molar-refractivity contribution in [2.75, 3.05) is 27.3 Å². The molecule has 7 heteroatoms. The number of benzene rings is 2. The Kier molecular flexibility index (Phi) is 6.21. The van der Waals surface area contributed by atoms with E-state index in [-0.39, 0.29) is 35.9 Å². The van der Waals surface area contributed by atoms with Crippen molar-refractivity contribution in [3.63, 3.8) is 0 Å². The van der Waals surface area contributed by atoms with Crippen LogP contribution in [0.4, 0.5) is 0 Å². The summed E-state index contributed by atoms with van der Waals surface area (Å²) >= 11 is 0. The predicted octanol–water partition coefficient (Wildman–Crippen LogP) is 3.39. The van der Waals surface area contributed by atoms with Gasteiger partial charge in [0.2, 0.25) is 5.91 Å². The van der Waals surface area contributed by atoms with Crippen LogP contribution in [0.25, 0.3) is 0 Å². The van der Waals surface area contributed by atoms with Crippen molar-refractivity contribution in [3.05, 3.63) is 58.7 Å². The smallest absolute Gasteiger partial charge is 0.255 e. The van der Waals surface area contributed by atoms with E-state index in [1.165, 1.54) is 0 Å². The molecule has 3 aliphatic heterocycles. The Labute approximate surface area is 200 Å². The molecule has 4 atom stereocenters. The van der Waals surface area contributed by atoms with Crippen molar-refractivity contribution >= 4 is 11.8 Å². The standard InChI is InChI=1S/C27H33N3O4/c1-16(17-8-5-4-6-9-17)29-26(31)20-14-23(33-2)19-11-13-30-22(24(19)25(20)34-3)15-21-18(27(30)32)10-7-12-28-21/h4-6,8-9,14,16,18,21-22,28H,7,10-13,15H2,1-3H3,(H,29,31)/t16-,18+,21+,22-/m1/s1. The molecular formula is C27H33N3O4. The number of amides is 2. The van der Waals surface area contributed by atoms with E-state index < -0.39 is 0 Å². The zero-order valence-corrected chi connectivity index (χ0v) is 20.1. The molecule has 5 rings (SSSR count). The zero-order chi connectivity index (χ0) is 23.8. The molecule has 0 aromatic heterocycles. The van der Waals surface area contributed by atoms with Gasteiger partial charge in [0.15, 0.2) is 0 Å². The van der Waals surface area contributed by atoms with Gasteiger partial charge >= 0.3 is 0 Å². The van der Waals surface area contributed by atoms with Crippen LogP contribution < -0.4 is 20.1 Å². The largest absolute Gasteiger partial charge is 0.496 e. The summed E-state index contributed by atoms with van der Waals surface area (Å²) in [6.45, 7) is 3.57. The molecule has 0 radical (unpaired) electrons. The molecule has 180 valence electrons. The van der Waals surface area contributed by atoms with E-state index in [4.69, 9.17) is 9.47 Å². The topological polar surface area (TPSA) is 79.9 Å². The highest BCUT2D eigenvalue weighted by Gasteiger charge is 2.47. The van der Waals surface area contributed by atoms with Gasteiger partial charge in [-0.2, -0.15) is 0 Å². The average Bonchev–Trinajstić information content (AvgIpc) is 2.88. The van der Waals surface area contributed by atoms with E-state index in [2.05, 4.69) is 10.6 Å². The van der Waals surface area contributed by atoms with Crippen molar-refractivity contribution in [2.24, 2.45) is 5.92 Å². The van der Waals surface area contributed by atoms with Gasteiger partial charge in [-0.25, -0.2) is 0 Å². The molecule has 2 aromatic rings. The summed E-state index contributed by atoms with van der Waals surface area (Å²) in [4.78, 5) is 28.9. The van der Waals surface area contributed by atoms with Gasteiger partial charge in [0.25, 0.3) is 5.91 Å². The highest BCUT2D eigenvalue weighted by Crippen LogP contribution is 2.48. The van der Waals surface area contributed by atoms with Gasteiger partial charge in [0.05, 0.1) is 37.8 Å². The Hall–Kier alpha value is -3.06. The lowest BCUT2D eigenvalue weighted by Crippen LogP contribution is -2.57. The van der Waals surface area contributed by atoms with E-state index in [1.807, 2.05) is 42.2 Å². The van der Waals surface area contributed by atoms with Crippen molar-refractivity contribution in [1.82, 2.24) is 15.5 Å². The lowest BCUT2D eigenvalue weighted by Gasteiger charge is -2.48. The third-order valence-corrected chi connectivity index (χ3v) is 7.68. The summed E-state index contributed by atoms with van der Waals surface area (Å²) in [6.07, 6.45) is 3.47. The second kappa shape index (κ2) is 9.29. The van der Waals surface area contributed by atoms with E-state index in [9.17, 15) is 9.59 Å². The molecule has 0 saturated carbocycles. The molecule has 0 aliphatic carbocycles. The number of hydrogen-bond donors (Lipinski definition) is 2. The average molecular weight is 464 g/mol. The highest BCUT2D eigenvalue weighted by molar-refractivity contribution is 5.98. The number of methoxy groups -OCH3 is 2. The van der Waals surface area contributed by atoms with Gasteiger partial charge in [0, 0.05) is 23.7 Å². The van der Waals surface area contributed by atoms with E-state index in [0.29, 0.717) is 30.0 Å². The van der Waals surface area contributed by atoms with Crippen LogP contribution in [0.2, 0.25) is 0 Å². The number of carbonyl (C=O) groups is 2. The molecule has 3 heterocycles. The van der Waals surface area contributed by atoms with Crippen molar-refractivity contribution in [1.29, 1.82) is 0 Å². The van der Waals surface area contributed by atoms with Crippen LogP contribution in [0.15, 0.2) is 36.4 Å². The van der Waals surface area contributed by atoms with Crippen LogP contribution in [-0.4, -0.2) is 50.1 Å². The maximum atomic E-state index is 13.5. The summed E-state index contributed by atoms with van der Waals surface area (Å²) in [5.74, 6) is 1.26. The summed E-state index contributed by atoms with van der Waals surface area (Å²) in [5.41, 5.74) is 3.42. The summed E-state index contributed by atoms with van der Waals surface area (Å²) < 4.78 is 11.6. The Morgan fingerprint density at radius 2 is 2.00 bits per heavy atom. The summed E-state index contributed by atoms with van der Waals surface area (Å²) in [6, 6.07) is 11.5.